The fourth-order valence-corrected chi connectivity index (χ4v) is 1.71. The molecule has 2 N–H and O–H groups in total. The minimum Gasteiger partial charge on any atom is -0.377 e. The van der Waals surface area contributed by atoms with Crippen molar-refractivity contribution in [3.63, 3.8) is 0 Å². The second kappa shape index (κ2) is 6.81. The van der Waals surface area contributed by atoms with Crippen LogP contribution in [0.3, 0.4) is 0 Å². The number of amides is 1. The fourth-order valence-electron chi connectivity index (χ4n) is 1.71. The van der Waals surface area contributed by atoms with Crippen LogP contribution in [0.25, 0.3) is 0 Å². The lowest BCUT2D eigenvalue weighted by molar-refractivity contribution is 0.101. The summed E-state index contributed by atoms with van der Waals surface area (Å²) in [6.45, 7) is 4.96. The van der Waals surface area contributed by atoms with Gasteiger partial charge < -0.3 is 10.1 Å². The molecule has 2 aromatic rings. The summed E-state index contributed by atoms with van der Waals surface area (Å²) in [6.07, 6.45) is 0.710. The van der Waals surface area contributed by atoms with Crippen molar-refractivity contribution in [2.75, 3.05) is 11.9 Å². The fraction of sp³-hybridized carbons (Fsp3) is 0.357. The number of nitrogens with one attached hydrogen (secondary N) is 2. The number of rotatable bonds is 6. The monoisotopic (exact) mass is 274 g/mol. The molecule has 0 fully saturated rings. The average Bonchev–Trinajstić information content (AvgIpc) is 2.95. The van der Waals surface area contributed by atoms with Gasteiger partial charge in [-0.2, -0.15) is 0 Å². The van der Waals surface area contributed by atoms with Crippen molar-refractivity contribution in [2.24, 2.45) is 0 Å². The zero-order valence-electron chi connectivity index (χ0n) is 11.6. The van der Waals surface area contributed by atoms with E-state index in [1.807, 2.05) is 38.1 Å². The number of hydrogen-bond donors (Lipinski definition) is 2. The average molecular weight is 274 g/mol. The van der Waals surface area contributed by atoms with Gasteiger partial charge in [-0.05, 0) is 13.0 Å². The Morgan fingerprint density at radius 1 is 1.35 bits per heavy atom. The van der Waals surface area contributed by atoms with Gasteiger partial charge in [0.25, 0.3) is 5.91 Å². The van der Waals surface area contributed by atoms with Crippen molar-refractivity contribution in [2.45, 2.75) is 26.9 Å². The highest BCUT2D eigenvalue weighted by Gasteiger charge is 2.13. The molecule has 0 radical (unpaired) electrons. The maximum absolute atomic E-state index is 12.1. The summed E-state index contributed by atoms with van der Waals surface area (Å²) >= 11 is 0. The van der Waals surface area contributed by atoms with Gasteiger partial charge in [-0.25, -0.2) is 4.98 Å². The molecule has 0 atom stereocenters. The number of H-pyrrole nitrogens is 1. The SMILES string of the molecule is CCOCc1ccccc1NC(=O)c1n[nH]c(CC)n1. The first-order valence-corrected chi connectivity index (χ1v) is 6.62. The van der Waals surface area contributed by atoms with Gasteiger partial charge in [0.05, 0.1) is 6.61 Å². The van der Waals surface area contributed by atoms with Gasteiger partial charge in [-0.3, -0.25) is 9.89 Å². The predicted octanol–water partition coefficient (Wildman–Crippen LogP) is 2.16. The summed E-state index contributed by atoms with van der Waals surface area (Å²) in [7, 11) is 0. The molecule has 1 heterocycles. The Morgan fingerprint density at radius 3 is 2.85 bits per heavy atom. The number of benzene rings is 1. The van der Waals surface area contributed by atoms with Gasteiger partial charge in [0.15, 0.2) is 0 Å². The first kappa shape index (κ1) is 14.2. The van der Waals surface area contributed by atoms with Crippen LogP contribution in [0.2, 0.25) is 0 Å². The standard InChI is InChI=1S/C14H18N4O2/c1-3-12-16-13(18-17-12)14(19)15-11-8-6-5-7-10(11)9-20-4-2/h5-8H,3-4,9H2,1-2H3,(H,15,19)(H,16,17,18). The van der Waals surface area contributed by atoms with E-state index in [0.29, 0.717) is 31.1 Å². The molecule has 2 rings (SSSR count). The van der Waals surface area contributed by atoms with Crippen molar-refractivity contribution in [3.8, 4) is 0 Å². The number of anilines is 1. The van der Waals surface area contributed by atoms with Gasteiger partial charge in [-0.1, -0.05) is 25.1 Å². The van der Waals surface area contributed by atoms with Gasteiger partial charge in [0.1, 0.15) is 5.82 Å². The maximum atomic E-state index is 12.1. The molecule has 0 saturated carbocycles. The normalized spacial score (nSPS) is 10.5. The number of aryl methyl sites for hydroxylation is 1. The van der Waals surface area contributed by atoms with Crippen LogP contribution in [0.4, 0.5) is 5.69 Å². The van der Waals surface area contributed by atoms with Crippen LogP contribution in [-0.2, 0) is 17.8 Å². The molecule has 1 amide bonds. The van der Waals surface area contributed by atoms with Crippen molar-refractivity contribution in [1.29, 1.82) is 0 Å². The molecular weight excluding hydrogens is 256 g/mol. The molecule has 1 aromatic carbocycles. The Balaban J connectivity index is 2.10. The minimum absolute atomic E-state index is 0.146. The summed E-state index contributed by atoms with van der Waals surface area (Å²) in [5.74, 6) is 0.510. The van der Waals surface area contributed by atoms with Crippen molar-refractivity contribution in [3.05, 3.63) is 41.5 Å². The molecule has 6 heteroatoms. The Hall–Kier alpha value is -2.21. The zero-order valence-corrected chi connectivity index (χ0v) is 11.6. The molecule has 0 aliphatic carbocycles. The van der Waals surface area contributed by atoms with Crippen LogP contribution < -0.4 is 5.32 Å². The summed E-state index contributed by atoms with van der Waals surface area (Å²) in [6, 6.07) is 7.52. The van der Waals surface area contributed by atoms with Gasteiger partial charge in [0, 0.05) is 24.3 Å². The van der Waals surface area contributed by atoms with Crippen LogP contribution in [0.5, 0.6) is 0 Å². The molecule has 0 bridgehead atoms. The molecule has 20 heavy (non-hydrogen) atoms. The quantitative estimate of drug-likeness (QED) is 0.846. The topological polar surface area (TPSA) is 79.9 Å². The van der Waals surface area contributed by atoms with Crippen LogP contribution in [0.15, 0.2) is 24.3 Å². The van der Waals surface area contributed by atoms with E-state index < -0.39 is 0 Å². The molecule has 0 aliphatic rings. The molecule has 0 unspecified atom stereocenters. The molecule has 106 valence electrons. The Bertz CT molecular complexity index is 580. The number of aromatic amines is 1. The minimum atomic E-state index is -0.329. The van der Waals surface area contributed by atoms with E-state index in [9.17, 15) is 4.79 Å². The maximum Gasteiger partial charge on any atom is 0.295 e. The van der Waals surface area contributed by atoms with Crippen LogP contribution >= 0.6 is 0 Å². The predicted molar refractivity (Wildman–Crippen MR) is 75.5 cm³/mol. The third-order valence-electron chi connectivity index (χ3n) is 2.80. The van der Waals surface area contributed by atoms with Crippen molar-refractivity contribution < 1.29 is 9.53 Å². The summed E-state index contributed by atoms with van der Waals surface area (Å²) in [5, 5.41) is 9.43. The Labute approximate surface area is 117 Å². The number of hydrogen-bond acceptors (Lipinski definition) is 4. The summed E-state index contributed by atoms with van der Waals surface area (Å²) in [4.78, 5) is 16.2. The summed E-state index contributed by atoms with van der Waals surface area (Å²) < 4.78 is 5.38. The Kier molecular flexibility index (Phi) is 4.84. The lowest BCUT2D eigenvalue weighted by Gasteiger charge is -2.09. The molecule has 0 saturated heterocycles. The Morgan fingerprint density at radius 2 is 2.15 bits per heavy atom. The van der Waals surface area contributed by atoms with E-state index in [1.165, 1.54) is 0 Å². The van der Waals surface area contributed by atoms with Crippen LogP contribution in [0, 0.1) is 0 Å². The van der Waals surface area contributed by atoms with Crippen molar-refractivity contribution >= 4 is 11.6 Å². The first-order valence-electron chi connectivity index (χ1n) is 6.62. The summed E-state index contributed by atoms with van der Waals surface area (Å²) in [5.41, 5.74) is 1.64. The van der Waals surface area contributed by atoms with Gasteiger partial charge in [-0.15, -0.1) is 5.10 Å². The van der Waals surface area contributed by atoms with E-state index in [1.54, 1.807) is 0 Å². The lowest BCUT2D eigenvalue weighted by Crippen LogP contribution is -2.15. The molecule has 1 aromatic heterocycles. The number of carbonyl (C=O) groups is 1. The number of carbonyl (C=O) groups excluding carboxylic acids is 1. The number of para-hydroxylation sites is 1. The van der Waals surface area contributed by atoms with Gasteiger partial charge in [0.2, 0.25) is 5.82 Å². The third kappa shape index (κ3) is 3.42. The first-order chi connectivity index (χ1) is 9.74. The number of nitrogens with zero attached hydrogens (tertiary/aromatic N) is 2. The third-order valence-corrected chi connectivity index (χ3v) is 2.80. The highest BCUT2D eigenvalue weighted by molar-refractivity contribution is 6.01. The zero-order chi connectivity index (χ0) is 14.4. The number of aromatic nitrogens is 3. The van der Waals surface area contributed by atoms with Crippen molar-refractivity contribution in [1.82, 2.24) is 15.2 Å². The second-order valence-corrected chi connectivity index (χ2v) is 4.21. The van der Waals surface area contributed by atoms with E-state index in [-0.39, 0.29) is 11.7 Å². The van der Waals surface area contributed by atoms with Gasteiger partial charge >= 0.3 is 0 Å². The smallest absolute Gasteiger partial charge is 0.295 e. The largest absolute Gasteiger partial charge is 0.377 e. The number of ether oxygens (including phenoxy) is 1. The molecule has 6 nitrogen and oxygen atoms in total. The molecule has 0 spiro atoms. The van der Waals surface area contributed by atoms with Crippen LogP contribution in [-0.4, -0.2) is 27.7 Å². The van der Waals surface area contributed by atoms with E-state index in [2.05, 4.69) is 20.5 Å². The molecule has 0 aliphatic heterocycles. The highest BCUT2D eigenvalue weighted by atomic mass is 16.5. The molecular formula is C14H18N4O2. The van der Waals surface area contributed by atoms with E-state index in [0.717, 1.165) is 5.56 Å². The highest BCUT2D eigenvalue weighted by Crippen LogP contribution is 2.16. The van der Waals surface area contributed by atoms with E-state index in [4.69, 9.17) is 4.74 Å². The van der Waals surface area contributed by atoms with E-state index >= 15 is 0 Å². The second-order valence-electron chi connectivity index (χ2n) is 4.21. The lowest BCUT2D eigenvalue weighted by atomic mass is 10.2. The van der Waals surface area contributed by atoms with Crippen LogP contribution in [0.1, 0.15) is 35.9 Å².